The van der Waals surface area contributed by atoms with E-state index in [1.807, 2.05) is 18.2 Å². The molecule has 25 heavy (non-hydrogen) atoms. The normalized spacial score (nSPS) is 25.0. The van der Waals surface area contributed by atoms with Gasteiger partial charge in [0.25, 0.3) is 0 Å². The molecule has 2 nitrogen and oxygen atoms in total. The van der Waals surface area contributed by atoms with Gasteiger partial charge >= 0.3 is 0 Å². The first-order valence-electron chi connectivity index (χ1n) is 9.67. The van der Waals surface area contributed by atoms with Crippen LogP contribution in [0.4, 0.5) is 11.4 Å². The lowest BCUT2D eigenvalue weighted by Gasteiger charge is -2.42. The van der Waals surface area contributed by atoms with Crippen LogP contribution >= 0.6 is 0 Å². The predicted molar refractivity (Wildman–Crippen MR) is 108 cm³/mol. The molecule has 1 fully saturated rings. The molecule has 0 amide bonds. The molecule has 2 aromatic carbocycles. The average Bonchev–Trinajstić information content (AvgIpc) is 2.57. The maximum Gasteiger partial charge on any atom is 0.0352 e. The van der Waals surface area contributed by atoms with Crippen LogP contribution in [0.2, 0.25) is 0 Å². The zero-order valence-corrected chi connectivity index (χ0v) is 15.8. The van der Waals surface area contributed by atoms with E-state index in [9.17, 15) is 0 Å². The summed E-state index contributed by atoms with van der Waals surface area (Å²) in [4.78, 5) is 0. The van der Waals surface area contributed by atoms with Gasteiger partial charge in [-0.05, 0) is 65.8 Å². The molecule has 0 spiro atoms. The summed E-state index contributed by atoms with van der Waals surface area (Å²) in [7, 11) is 0. The molecule has 134 valence electrons. The summed E-state index contributed by atoms with van der Waals surface area (Å²) < 4.78 is 0. The second-order valence-electron chi connectivity index (χ2n) is 8.27. The molecule has 1 aliphatic carbocycles. The molecule has 2 heteroatoms. The van der Waals surface area contributed by atoms with Crippen molar-refractivity contribution in [3.63, 3.8) is 0 Å². The minimum Gasteiger partial charge on any atom is -0.399 e. The second-order valence-corrected chi connectivity index (χ2v) is 8.27. The van der Waals surface area contributed by atoms with Gasteiger partial charge in [-0.1, -0.05) is 57.5 Å². The molecule has 0 aliphatic heterocycles. The molecule has 4 unspecified atom stereocenters. The zero-order chi connectivity index (χ0) is 18.0. The summed E-state index contributed by atoms with van der Waals surface area (Å²) in [5.41, 5.74) is 16.9. The van der Waals surface area contributed by atoms with E-state index < -0.39 is 0 Å². The molecule has 0 aromatic heterocycles. The first kappa shape index (κ1) is 17.8. The maximum atomic E-state index is 6.43. The summed E-state index contributed by atoms with van der Waals surface area (Å²) >= 11 is 0. The molecule has 4 atom stereocenters. The highest BCUT2D eigenvalue weighted by atomic mass is 14.6. The van der Waals surface area contributed by atoms with Crippen LogP contribution in [0.1, 0.15) is 57.1 Å². The Labute approximate surface area is 152 Å². The van der Waals surface area contributed by atoms with Crippen molar-refractivity contribution < 1.29 is 0 Å². The van der Waals surface area contributed by atoms with Crippen LogP contribution in [0.25, 0.3) is 0 Å². The number of para-hydroxylation sites is 1. The van der Waals surface area contributed by atoms with Crippen molar-refractivity contribution in [2.45, 2.75) is 46.0 Å². The van der Waals surface area contributed by atoms with Crippen molar-refractivity contribution in [2.24, 2.45) is 23.7 Å². The lowest BCUT2D eigenvalue weighted by atomic mass is 9.62. The highest BCUT2D eigenvalue weighted by Gasteiger charge is 2.37. The highest BCUT2D eigenvalue weighted by Crippen LogP contribution is 2.48. The van der Waals surface area contributed by atoms with Crippen molar-refractivity contribution in [1.29, 1.82) is 0 Å². The third kappa shape index (κ3) is 3.84. The monoisotopic (exact) mass is 336 g/mol. The Balaban J connectivity index is 2.11. The molecule has 0 radical (unpaired) electrons. The standard InChI is InChI=1S/C23H32N2/c1-15(2)19-12-11-16(3)13-21(19)23(17-7-6-8-18(24)14-17)20-9-4-5-10-22(20)25/h4-10,14-16,19,21,23H,11-13,24-25H2,1-3H3. The summed E-state index contributed by atoms with van der Waals surface area (Å²) in [5.74, 6) is 3.11. The first-order chi connectivity index (χ1) is 12.0. The maximum absolute atomic E-state index is 6.43. The van der Waals surface area contributed by atoms with Crippen LogP contribution in [0.15, 0.2) is 48.5 Å². The fourth-order valence-electron chi connectivity index (χ4n) is 4.86. The van der Waals surface area contributed by atoms with Gasteiger partial charge in [-0.2, -0.15) is 0 Å². The van der Waals surface area contributed by atoms with Crippen LogP contribution in [-0.2, 0) is 0 Å². The minimum absolute atomic E-state index is 0.319. The smallest absolute Gasteiger partial charge is 0.0352 e. The van der Waals surface area contributed by atoms with Gasteiger partial charge in [0.2, 0.25) is 0 Å². The number of hydrogen-bond donors (Lipinski definition) is 2. The molecule has 4 N–H and O–H groups in total. The van der Waals surface area contributed by atoms with Gasteiger partial charge in [0, 0.05) is 17.3 Å². The van der Waals surface area contributed by atoms with E-state index in [-0.39, 0.29) is 0 Å². The SMILES string of the molecule is CC1CCC(C(C)C)C(C(c2cccc(N)c2)c2ccccc2N)C1. The summed E-state index contributed by atoms with van der Waals surface area (Å²) in [6, 6.07) is 16.8. The Morgan fingerprint density at radius 3 is 2.36 bits per heavy atom. The van der Waals surface area contributed by atoms with Gasteiger partial charge < -0.3 is 11.5 Å². The third-order valence-electron chi connectivity index (χ3n) is 6.10. The number of rotatable bonds is 4. The summed E-state index contributed by atoms with van der Waals surface area (Å²) in [5, 5.41) is 0. The van der Waals surface area contributed by atoms with Gasteiger partial charge in [-0.15, -0.1) is 0 Å². The first-order valence-corrected chi connectivity index (χ1v) is 9.67. The van der Waals surface area contributed by atoms with Crippen molar-refractivity contribution >= 4 is 11.4 Å². The fraction of sp³-hybridized carbons (Fsp3) is 0.478. The Kier molecular flexibility index (Phi) is 5.36. The number of nitrogen functional groups attached to an aromatic ring is 2. The molecule has 3 rings (SSSR count). The molecule has 0 heterocycles. The van der Waals surface area contributed by atoms with E-state index in [2.05, 4.69) is 51.1 Å². The van der Waals surface area contributed by atoms with Crippen LogP contribution in [0.3, 0.4) is 0 Å². The quantitative estimate of drug-likeness (QED) is 0.704. The van der Waals surface area contributed by atoms with Crippen molar-refractivity contribution in [3.8, 4) is 0 Å². The molecule has 0 saturated heterocycles. The van der Waals surface area contributed by atoms with Crippen LogP contribution in [0, 0.1) is 23.7 Å². The van der Waals surface area contributed by atoms with Crippen molar-refractivity contribution in [2.75, 3.05) is 11.5 Å². The van der Waals surface area contributed by atoms with Gasteiger partial charge in [0.1, 0.15) is 0 Å². The van der Waals surface area contributed by atoms with Crippen LogP contribution in [-0.4, -0.2) is 0 Å². The van der Waals surface area contributed by atoms with Gasteiger partial charge in [-0.25, -0.2) is 0 Å². The van der Waals surface area contributed by atoms with Crippen molar-refractivity contribution in [3.05, 3.63) is 59.7 Å². The number of hydrogen-bond acceptors (Lipinski definition) is 2. The van der Waals surface area contributed by atoms with E-state index in [4.69, 9.17) is 11.5 Å². The fourth-order valence-corrected chi connectivity index (χ4v) is 4.86. The number of nitrogens with two attached hydrogens (primary N) is 2. The van der Waals surface area contributed by atoms with E-state index >= 15 is 0 Å². The lowest BCUT2D eigenvalue weighted by molar-refractivity contribution is 0.130. The van der Waals surface area contributed by atoms with Crippen LogP contribution < -0.4 is 11.5 Å². The number of benzene rings is 2. The van der Waals surface area contributed by atoms with Crippen LogP contribution in [0.5, 0.6) is 0 Å². The Morgan fingerprint density at radius 2 is 1.68 bits per heavy atom. The van der Waals surface area contributed by atoms with Gasteiger partial charge in [0.15, 0.2) is 0 Å². The largest absolute Gasteiger partial charge is 0.399 e. The summed E-state index contributed by atoms with van der Waals surface area (Å²) in [6.07, 6.45) is 3.92. The van der Waals surface area contributed by atoms with E-state index in [1.54, 1.807) is 0 Å². The molecule has 1 saturated carbocycles. The third-order valence-corrected chi connectivity index (χ3v) is 6.10. The van der Waals surface area contributed by atoms with E-state index in [0.29, 0.717) is 17.8 Å². The Bertz CT molecular complexity index is 707. The van der Waals surface area contributed by atoms with E-state index in [1.165, 1.54) is 30.4 Å². The Morgan fingerprint density at radius 1 is 0.920 bits per heavy atom. The second kappa shape index (κ2) is 7.51. The molecular weight excluding hydrogens is 304 g/mol. The predicted octanol–water partition coefficient (Wildman–Crippen LogP) is 5.69. The van der Waals surface area contributed by atoms with Crippen molar-refractivity contribution in [1.82, 2.24) is 0 Å². The minimum atomic E-state index is 0.319. The lowest BCUT2D eigenvalue weighted by Crippen LogP contribution is -2.33. The van der Waals surface area contributed by atoms with E-state index in [0.717, 1.165) is 23.2 Å². The molecule has 2 aromatic rings. The van der Waals surface area contributed by atoms with Gasteiger partial charge in [-0.3, -0.25) is 0 Å². The van der Waals surface area contributed by atoms with Gasteiger partial charge in [0.05, 0.1) is 0 Å². The molecular formula is C23H32N2. The average molecular weight is 337 g/mol. The topological polar surface area (TPSA) is 52.0 Å². The highest BCUT2D eigenvalue weighted by molar-refractivity contribution is 5.54. The number of anilines is 2. The zero-order valence-electron chi connectivity index (χ0n) is 15.8. The summed E-state index contributed by atoms with van der Waals surface area (Å²) in [6.45, 7) is 7.14. The molecule has 0 bridgehead atoms. The Hall–Kier alpha value is -1.96. The molecule has 1 aliphatic rings.